The van der Waals surface area contributed by atoms with Crippen molar-refractivity contribution < 1.29 is 19.4 Å². The van der Waals surface area contributed by atoms with Crippen molar-refractivity contribution in [3.63, 3.8) is 0 Å². The van der Waals surface area contributed by atoms with E-state index in [0.29, 0.717) is 23.9 Å². The number of rotatable bonds is 10. The second-order valence-electron chi connectivity index (χ2n) is 8.58. The molecule has 1 aromatic heterocycles. The zero-order valence-corrected chi connectivity index (χ0v) is 20.1. The van der Waals surface area contributed by atoms with Gasteiger partial charge in [0, 0.05) is 11.1 Å². The summed E-state index contributed by atoms with van der Waals surface area (Å²) in [6, 6.07) is 9.43. The molecule has 0 atom stereocenters. The Balaban J connectivity index is 1.88. The average Bonchev–Trinajstić information content (AvgIpc) is 3.03. The van der Waals surface area contributed by atoms with Crippen LogP contribution in [0.1, 0.15) is 57.0 Å². The first kappa shape index (κ1) is 23.9. The van der Waals surface area contributed by atoms with Gasteiger partial charge in [-0.2, -0.15) is 0 Å². The van der Waals surface area contributed by atoms with Gasteiger partial charge in [-0.15, -0.1) is 0 Å². The summed E-state index contributed by atoms with van der Waals surface area (Å²) in [6.45, 7) is 10.3. The molecule has 0 radical (unpaired) electrons. The second-order valence-corrected chi connectivity index (χ2v) is 8.99. The number of aliphatic carboxylic acids is 1. The maximum Gasteiger partial charge on any atom is 0.347 e. The van der Waals surface area contributed by atoms with Gasteiger partial charge in [0.2, 0.25) is 0 Å². The predicted octanol–water partition coefficient (Wildman–Crippen LogP) is 6.17. The molecule has 0 fully saturated rings. The predicted molar refractivity (Wildman–Crippen MR) is 127 cm³/mol. The number of fused-ring (bicyclic) bond motifs is 1. The Hall–Kier alpha value is -2.73. The third-order valence-corrected chi connectivity index (χ3v) is 5.82. The van der Waals surface area contributed by atoms with E-state index in [-0.39, 0.29) is 0 Å². The molecule has 0 amide bonds. The van der Waals surface area contributed by atoms with Gasteiger partial charge in [-0.1, -0.05) is 37.4 Å². The van der Waals surface area contributed by atoms with E-state index < -0.39 is 11.6 Å². The molecular weight excluding hydrogens is 428 g/mol. The Bertz CT molecular complexity index is 1120. The summed E-state index contributed by atoms with van der Waals surface area (Å²) in [5.41, 5.74) is 2.26. The lowest BCUT2D eigenvalue weighted by atomic mass is 10.1. The van der Waals surface area contributed by atoms with Crippen LogP contribution in [0.5, 0.6) is 11.5 Å². The van der Waals surface area contributed by atoms with Crippen molar-refractivity contribution in [1.82, 2.24) is 9.55 Å². The number of hydrogen-bond donors (Lipinski definition) is 1. The van der Waals surface area contributed by atoms with Crippen molar-refractivity contribution in [1.29, 1.82) is 0 Å². The van der Waals surface area contributed by atoms with E-state index in [1.165, 1.54) is 13.8 Å². The lowest BCUT2D eigenvalue weighted by Crippen LogP contribution is -2.37. The van der Waals surface area contributed by atoms with Crippen LogP contribution < -0.4 is 9.47 Å². The van der Waals surface area contributed by atoms with Gasteiger partial charge in [0.25, 0.3) is 0 Å². The van der Waals surface area contributed by atoms with E-state index in [1.807, 2.05) is 44.2 Å². The van der Waals surface area contributed by atoms with Crippen LogP contribution in [0.2, 0.25) is 5.02 Å². The number of benzene rings is 2. The summed E-state index contributed by atoms with van der Waals surface area (Å²) in [5.74, 6) is 1.08. The van der Waals surface area contributed by atoms with Crippen LogP contribution in [0.3, 0.4) is 0 Å². The molecule has 7 heteroatoms. The minimum Gasteiger partial charge on any atom is -0.494 e. The van der Waals surface area contributed by atoms with Crippen LogP contribution in [-0.4, -0.2) is 32.8 Å². The highest BCUT2D eigenvalue weighted by atomic mass is 35.5. The maximum absolute atomic E-state index is 11.5. The number of imidazole rings is 1. The van der Waals surface area contributed by atoms with Crippen LogP contribution in [0.15, 0.2) is 30.3 Å². The number of carbonyl (C=O) groups is 1. The lowest BCUT2D eigenvalue weighted by Gasteiger charge is -2.22. The molecule has 1 heterocycles. The lowest BCUT2D eigenvalue weighted by molar-refractivity contribution is -0.152. The highest BCUT2D eigenvalue weighted by Gasteiger charge is 2.30. The molecule has 3 rings (SSSR count). The Morgan fingerprint density at radius 1 is 1.16 bits per heavy atom. The summed E-state index contributed by atoms with van der Waals surface area (Å²) in [4.78, 5) is 16.2. The van der Waals surface area contributed by atoms with Gasteiger partial charge >= 0.3 is 5.97 Å². The molecule has 0 saturated carbocycles. The minimum atomic E-state index is -1.34. The quantitative estimate of drug-likeness (QED) is 0.368. The van der Waals surface area contributed by atoms with Gasteiger partial charge in [-0.3, -0.25) is 0 Å². The molecule has 172 valence electrons. The van der Waals surface area contributed by atoms with Crippen LogP contribution in [0.25, 0.3) is 11.0 Å². The molecule has 2 aromatic carbocycles. The standard InChI is InChI=1S/C25H31ClN2O4/c1-6-7-8-11-31-19-10-9-18(21(26)13-19)15-28-17(3)27-23-16(2)12-20(14-22(23)28)32-25(4,5)24(29)30/h9-10,12-14H,6-8,11,15H2,1-5H3,(H,29,30). The van der Waals surface area contributed by atoms with Crippen molar-refractivity contribution in [3.05, 3.63) is 52.3 Å². The number of ether oxygens (including phenoxy) is 2. The summed E-state index contributed by atoms with van der Waals surface area (Å²) in [5, 5.41) is 10.0. The van der Waals surface area contributed by atoms with E-state index in [2.05, 4.69) is 11.5 Å². The van der Waals surface area contributed by atoms with Gasteiger partial charge < -0.3 is 19.1 Å². The SMILES string of the molecule is CCCCCOc1ccc(Cn2c(C)nc3c(C)cc(OC(C)(C)C(=O)O)cc32)c(Cl)c1. The second kappa shape index (κ2) is 9.82. The van der Waals surface area contributed by atoms with Gasteiger partial charge in [0.1, 0.15) is 17.3 Å². The Morgan fingerprint density at radius 3 is 2.56 bits per heavy atom. The fraction of sp³-hybridized carbons (Fsp3) is 0.440. The number of aryl methyl sites for hydroxylation is 2. The molecule has 0 aliphatic carbocycles. The smallest absolute Gasteiger partial charge is 0.347 e. The molecule has 1 N–H and O–H groups in total. The number of nitrogens with zero attached hydrogens (tertiary/aromatic N) is 2. The normalized spacial score (nSPS) is 11.7. The first-order valence-electron chi connectivity index (χ1n) is 10.9. The minimum absolute atomic E-state index is 0.491. The Kier molecular flexibility index (Phi) is 7.34. The molecule has 0 aliphatic rings. The number of hydrogen-bond acceptors (Lipinski definition) is 4. The van der Waals surface area contributed by atoms with Crippen molar-refractivity contribution in [2.24, 2.45) is 0 Å². The zero-order valence-electron chi connectivity index (χ0n) is 19.4. The summed E-state index contributed by atoms with van der Waals surface area (Å²) in [7, 11) is 0. The van der Waals surface area contributed by atoms with Gasteiger partial charge in [0.15, 0.2) is 5.60 Å². The van der Waals surface area contributed by atoms with Gasteiger partial charge in [0.05, 0.1) is 24.2 Å². The fourth-order valence-electron chi connectivity index (χ4n) is 3.53. The average molecular weight is 459 g/mol. The van der Waals surface area contributed by atoms with Crippen molar-refractivity contribution in [2.45, 2.75) is 66.0 Å². The molecule has 0 aliphatic heterocycles. The fourth-order valence-corrected chi connectivity index (χ4v) is 3.76. The van der Waals surface area contributed by atoms with Crippen LogP contribution in [-0.2, 0) is 11.3 Å². The van der Waals surface area contributed by atoms with Crippen LogP contribution in [0, 0.1) is 13.8 Å². The van der Waals surface area contributed by atoms with Crippen molar-refractivity contribution in [3.8, 4) is 11.5 Å². The van der Waals surface area contributed by atoms with Crippen molar-refractivity contribution in [2.75, 3.05) is 6.61 Å². The van der Waals surface area contributed by atoms with Gasteiger partial charge in [-0.25, -0.2) is 9.78 Å². The molecule has 0 spiro atoms. The number of aromatic nitrogens is 2. The molecule has 0 bridgehead atoms. The highest BCUT2D eigenvalue weighted by molar-refractivity contribution is 6.31. The molecular formula is C25H31ClN2O4. The van der Waals surface area contributed by atoms with E-state index >= 15 is 0 Å². The maximum atomic E-state index is 11.5. The first-order valence-corrected chi connectivity index (χ1v) is 11.3. The summed E-state index contributed by atoms with van der Waals surface area (Å²) in [6.07, 6.45) is 3.33. The highest BCUT2D eigenvalue weighted by Crippen LogP contribution is 2.30. The summed E-state index contributed by atoms with van der Waals surface area (Å²) >= 11 is 6.57. The zero-order chi connectivity index (χ0) is 23.5. The third-order valence-electron chi connectivity index (χ3n) is 5.47. The van der Waals surface area contributed by atoms with Crippen LogP contribution >= 0.6 is 11.6 Å². The number of halogens is 1. The van der Waals surface area contributed by atoms with E-state index in [1.54, 1.807) is 0 Å². The summed E-state index contributed by atoms with van der Waals surface area (Å²) < 4.78 is 13.6. The monoisotopic (exact) mass is 458 g/mol. The van der Waals surface area contributed by atoms with E-state index in [9.17, 15) is 9.90 Å². The molecule has 3 aromatic rings. The molecule has 32 heavy (non-hydrogen) atoms. The molecule has 0 saturated heterocycles. The number of unbranched alkanes of at least 4 members (excludes halogenated alkanes) is 2. The largest absolute Gasteiger partial charge is 0.494 e. The third kappa shape index (κ3) is 5.36. The topological polar surface area (TPSA) is 73.6 Å². The van der Waals surface area contributed by atoms with Crippen molar-refractivity contribution >= 4 is 28.6 Å². The first-order chi connectivity index (χ1) is 15.1. The molecule has 0 unspecified atom stereocenters. The Morgan fingerprint density at radius 2 is 1.91 bits per heavy atom. The van der Waals surface area contributed by atoms with Crippen LogP contribution in [0.4, 0.5) is 0 Å². The number of carboxylic acid groups (broad SMARTS) is 1. The molecule has 6 nitrogen and oxygen atoms in total. The number of carboxylic acids is 1. The Labute approximate surface area is 194 Å². The van der Waals surface area contributed by atoms with E-state index in [0.717, 1.165) is 53.0 Å². The van der Waals surface area contributed by atoms with Gasteiger partial charge in [-0.05, 0) is 63.4 Å². The van der Waals surface area contributed by atoms with E-state index in [4.69, 9.17) is 26.1 Å².